The van der Waals surface area contributed by atoms with Crippen molar-refractivity contribution in [3.8, 4) is 11.5 Å². The summed E-state index contributed by atoms with van der Waals surface area (Å²) in [4.78, 5) is 11.8. The highest BCUT2D eigenvalue weighted by Crippen LogP contribution is 2.32. The summed E-state index contributed by atoms with van der Waals surface area (Å²) in [5.74, 6) is 1.38. The van der Waals surface area contributed by atoms with E-state index in [1.165, 1.54) is 0 Å². The second kappa shape index (κ2) is 8.49. The van der Waals surface area contributed by atoms with Gasteiger partial charge in [0.05, 0.1) is 0 Å². The Morgan fingerprint density at radius 1 is 1.24 bits per heavy atom. The summed E-state index contributed by atoms with van der Waals surface area (Å²) in [7, 11) is 1.68. The van der Waals surface area contributed by atoms with E-state index in [0.29, 0.717) is 31.9 Å². The molecule has 1 aromatic rings. The van der Waals surface area contributed by atoms with Gasteiger partial charge in [0, 0.05) is 38.4 Å². The smallest absolute Gasteiger partial charge is 0.225 e. The molecule has 0 aromatic heterocycles. The molecule has 0 atom stereocenters. The maximum Gasteiger partial charge on any atom is 0.225 e. The van der Waals surface area contributed by atoms with E-state index in [9.17, 15) is 4.79 Å². The summed E-state index contributed by atoms with van der Waals surface area (Å²) in [5.41, 5.74) is 0.726. The lowest BCUT2D eigenvalue weighted by atomic mass is 10.2. The molecule has 0 spiro atoms. The number of amides is 1. The van der Waals surface area contributed by atoms with Crippen molar-refractivity contribution in [2.45, 2.75) is 12.8 Å². The van der Waals surface area contributed by atoms with Crippen LogP contribution in [0.15, 0.2) is 18.2 Å². The number of fused-ring (bicyclic) bond motifs is 1. The van der Waals surface area contributed by atoms with Crippen LogP contribution in [0.25, 0.3) is 0 Å². The number of benzene rings is 1. The number of hydrogen-bond acceptors (Lipinski definition) is 5. The first-order valence-electron chi connectivity index (χ1n) is 7.19. The van der Waals surface area contributed by atoms with Crippen molar-refractivity contribution in [1.29, 1.82) is 0 Å². The first kappa shape index (κ1) is 15.6. The summed E-state index contributed by atoms with van der Waals surface area (Å²) >= 11 is 0. The molecule has 1 aliphatic rings. The molecule has 6 heteroatoms. The molecule has 0 aliphatic carbocycles. The van der Waals surface area contributed by atoms with Crippen LogP contribution >= 0.6 is 0 Å². The molecular formula is C15H22N2O4. The van der Waals surface area contributed by atoms with E-state index in [0.717, 1.165) is 31.0 Å². The van der Waals surface area contributed by atoms with Gasteiger partial charge in [0.25, 0.3) is 0 Å². The number of hydrogen-bond donors (Lipinski definition) is 2. The first-order chi connectivity index (χ1) is 10.3. The van der Waals surface area contributed by atoms with Crippen LogP contribution in [0.1, 0.15) is 12.8 Å². The van der Waals surface area contributed by atoms with Gasteiger partial charge >= 0.3 is 0 Å². The number of nitrogens with one attached hydrogen (secondary N) is 2. The predicted molar refractivity (Wildman–Crippen MR) is 80.0 cm³/mol. The van der Waals surface area contributed by atoms with E-state index in [2.05, 4.69) is 10.6 Å². The number of carbonyl (C=O) groups excluding carboxylic acids is 1. The minimum absolute atomic E-state index is 0.0223. The van der Waals surface area contributed by atoms with Crippen molar-refractivity contribution >= 4 is 11.6 Å². The monoisotopic (exact) mass is 294 g/mol. The average Bonchev–Trinajstić information content (AvgIpc) is 2.50. The summed E-state index contributed by atoms with van der Waals surface area (Å²) in [6, 6.07) is 5.42. The van der Waals surface area contributed by atoms with Gasteiger partial charge in [0.1, 0.15) is 13.2 Å². The number of carbonyl (C=O) groups is 1. The van der Waals surface area contributed by atoms with Gasteiger partial charge in [0.2, 0.25) is 5.91 Å². The van der Waals surface area contributed by atoms with Crippen molar-refractivity contribution in [3.05, 3.63) is 18.2 Å². The fourth-order valence-corrected chi connectivity index (χ4v) is 2.01. The molecule has 116 valence electrons. The highest BCUT2D eigenvalue weighted by Gasteiger charge is 2.12. The van der Waals surface area contributed by atoms with Gasteiger partial charge in [-0.05, 0) is 25.1 Å². The third-order valence-electron chi connectivity index (χ3n) is 3.06. The molecule has 0 radical (unpaired) electrons. The van der Waals surface area contributed by atoms with Crippen LogP contribution in [0.2, 0.25) is 0 Å². The van der Waals surface area contributed by atoms with Gasteiger partial charge in [-0.2, -0.15) is 0 Å². The van der Waals surface area contributed by atoms with Crippen molar-refractivity contribution in [1.82, 2.24) is 5.32 Å². The average molecular weight is 294 g/mol. The Balaban J connectivity index is 1.70. The number of ether oxygens (including phenoxy) is 3. The molecule has 0 saturated heterocycles. The lowest BCUT2D eigenvalue weighted by molar-refractivity contribution is -0.116. The van der Waals surface area contributed by atoms with Gasteiger partial charge in [-0.1, -0.05) is 0 Å². The van der Waals surface area contributed by atoms with Crippen molar-refractivity contribution in [2.24, 2.45) is 0 Å². The molecule has 0 bridgehead atoms. The quantitative estimate of drug-likeness (QED) is 0.710. The van der Waals surface area contributed by atoms with Gasteiger partial charge in [-0.15, -0.1) is 0 Å². The van der Waals surface area contributed by atoms with E-state index in [1.807, 2.05) is 12.1 Å². The van der Waals surface area contributed by atoms with Crippen LogP contribution in [0.4, 0.5) is 5.69 Å². The molecule has 0 fully saturated rings. The molecule has 2 N–H and O–H groups in total. The Labute approximate surface area is 124 Å². The van der Waals surface area contributed by atoms with E-state index < -0.39 is 0 Å². The highest BCUT2D eigenvalue weighted by molar-refractivity contribution is 5.91. The molecule has 21 heavy (non-hydrogen) atoms. The molecule has 6 nitrogen and oxygen atoms in total. The zero-order valence-electron chi connectivity index (χ0n) is 12.3. The van der Waals surface area contributed by atoms with Crippen LogP contribution in [-0.4, -0.2) is 45.9 Å². The summed E-state index contributed by atoms with van der Waals surface area (Å²) in [5, 5.41) is 6.06. The molecule has 0 saturated carbocycles. The summed E-state index contributed by atoms with van der Waals surface area (Å²) in [6.45, 7) is 3.34. The fraction of sp³-hybridized carbons (Fsp3) is 0.533. The van der Waals surface area contributed by atoms with E-state index in [1.54, 1.807) is 13.2 Å². The van der Waals surface area contributed by atoms with Crippen LogP contribution < -0.4 is 20.1 Å². The molecular weight excluding hydrogens is 272 g/mol. The molecule has 2 rings (SSSR count). The lowest BCUT2D eigenvalue weighted by Gasteiger charge is -2.19. The molecule has 1 heterocycles. The minimum atomic E-state index is -0.0223. The number of rotatable bonds is 8. The largest absolute Gasteiger partial charge is 0.486 e. The van der Waals surface area contributed by atoms with Crippen molar-refractivity contribution in [2.75, 3.05) is 45.3 Å². The minimum Gasteiger partial charge on any atom is -0.486 e. The zero-order chi connectivity index (χ0) is 14.9. The third-order valence-corrected chi connectivity index (χ3v) is 3.06. The fourth-order valence-electron chi connectivity index (χ4n) is 2.01. The Hall–Kier alpha value is -1.79. The van der Waals surface area contributed by atoms with E-state index in [-0.39, 0.29) is 5.91 Å². The normalized spacial score (nSPS) is 13.0. The van der Waals surface area contributed by atoms with Crippen LogP contribution in [0, 0.1) is 0 Å². The molecule has 1 amide bonds. The van der Waals surface area contributed by atoms with Gasteiger partial charge in [-0.25, -0.2) is 0 Å². The van der Waals surface area contributed by atoms with Gasteiger partial charge < -0.3 is 24.8 Å². The Morgan fingerprint density at radius 2 is 2.05 bits per heavy atom. The Morgan fingerprint density at radius 3 is 2.86 bits per heavy atom. The lowest BCUT2D eigenvalue weighted by Crippen LogP contribution is -2.23. The van der Waals surface area contributed by atoms with Gasteiger partial charge in [0.15, 0.2) is 11.5 Å². The van der Waals surface area contributed by atoms with Crippen LogP contribution in [-0.2, 0) is 9.53 Å². The van der Waals surface area contributed by atoms with Crippen LogP contribution in [0.3, 0.4) is 0 Å². The van der Waals surface area contributed by atoms with Gasteiger partial charge in [-0.3, -0.25) is 4.79 Å². The molecule has 0 unspecified atom stereocenters. The van der Waals surface area contributed by atoms with Crippen LogP contribution in [0.5, 0.6) is 11.5 Å². The first-order valence-corrected chi connectivity index (χ1v) is 7.19. The summed E-state index contributed by atoms with van der Waals surface area (Å²) < 4.78 is 15.9. The van der Waals surface area contributed by atoms with E-state index in [4.69, 9.17) is 14.2 Å². The highest BCUT2D eigenvalue weighted by atomic mass is 16.6. The SMILES string of the molecule is COCCCNCCC(=O)Nc1ccc2c(c1)OCCO2. The maximum absolute atomic E-state index is 11.8. The topological polar surface area (TPSA) is 68.8 Å². The Bertz CT molecular complexity index is 465. The zero-order valence-corrected chi connectivity index (χ0v) is 12.3. The molecule has 1 aromatic carbocycles. The van der Waals surface area contributed by atoms with Crippen molar-refractivity contribution < 1.29 is 19.0 Å². The number of anilines is 1. The maximum atomic E-state index is 11.8. The molecule has 1 aliphatic heterocycles. The van der Waals surface area contributed by atoms with Crippen molar-refractivity contribution in [3.63, 3.8) is 0 Å². The third kappa shape index (κ3) is 5.24. The standard InChI is InChI=1S/C15H22N2O4/c1-19-8-2-6-16-7-5-15(18)17-12-3-4-13-14(11-12)21-10-9-20-13/h3-4,11,16H,2,5-10H2,1H3,(H,17,18). The second-order valence-electron chi connectivity index (χ2n) is 4.75. The second-order valence-corrected chi connectivity index (χ2v) is 4.75. The number of methoxy groups -OCH3 is 1. The predicted octanol–water partition coefficient (Wildman–Crippen LogP) is 1.41. The summed E-state index contributed by atoms with van der Waals surface area (Å²) in [6.07, 6.45) is 1.38. The Kier molecular flexibility index (Phi) is 6.30. The van der Waals surface area contributed by atoms with E-state index >= 15 is 0 Å².